The predicted molar refractivity (Wildman–Crippen MR) is 216 cm³/mol. The summed E-state index contributed by atoms with van der Waals surface area (Å²) >= 11 is 0. The zero-order chi connectivity index (χ0) is 39.4. The SMILES string of the molecule is CCCCCCCCCCCCOC(=O)C1=C(C[n+]2ccccc2)NC(C[n+]2ccccc2)=C(C(=O)OCCCCCCCCCCCC)C1C(=O)OCC. The van der Waals surface area contributed by atoms with Crippen molar-refractivity contribution in [2.24, 2.45) is 5.92 Å². The number of allylic oxidation sites excluding steroid dienone is 2. The fourth-order valence-corrected chi connectivity index (χ4v) is 7.11. The van der Waals surface area contributed by atoms with Crippen LogP contribution in [-0.2, 0) is 41.7 Å². The Morgan fingerprint density at radius 2 is 0.836 bits per heavy atom. The highest BCUT2D eigenvalue weighted by molar-refractivity contribution is 6.05. The lowest BCUT2D eigenvalue weighted by molar-refractivity contribution is -0.692. The molecule has 9 nitrogen and oxygen atoms in total. The van der Waals surface area contributed by atoms with Gasteiger partial charge < -0.3 is 19.5 Å². The number of unbranched alkanes of at least 4 members (excludes halogenated alkanes) is 18. The van der Waals surface area contributed by atoms with Crippen LogP contribution in [0.5, 0.6) is 0 Å². The lowest BCUT2D eigenvalue weighted by atomic mass is 9.84. The molecule has 1 aliphatic rings. The minimum Gasteiger partial charge on any atom is -0.465 e. The number of carbonyl (C=O) groups is 3. The molecule has 0 aromatic carbocycles. The van der Waals surface area contributed by atoms with Crippen molar-refractivity contribution in [2.45, 2.75) is 162 Å². The lowest BCUT2D eigenvalue weighted by Gasteiger charge is -2.29. The first kappa shape index (κ1) is 45.4. The third-order valence-corrected chi connectivity index (χ3v) is 10.2. The maximum atomic E-state index is 14.2. The summed E-state index contributed by atoms with van der Waals surface area (Å²) in [5.41, 5.74) is 1.16. The average molecular weight is 762 g/mol. The second-order valence-electron chi connectivity index (χ2n) is 14.8. The summed E-state index contributed by atoms with van der Waals surface area (Å²) in [6, 6.07) is 11.5. The molecule has 2 aromatic rings. The van der Waals surface area contributed by atoms with Crippen LogP contribution in [0.2, 0.25) is 0 Å². The van der Waals surface area contributed by atoms with Gasteiger partial charge in [-0.05, 0) is 19.8 Å². The standard InChI is InChI=1S/C46H70N3O6/c1-4-7-9-11-13-15-17-19-21-29-35-54-44(50)41-39(37-48-31-25-23-26-32-48)47-40(38-49-33-27-24-28-34-49)42(43(41)46(52)53-6-3)45(51)55-36-30-22-20-18-16-14-12-10-8-5-2/h23-28,31-34,43H,4-22,29-30,35-38H2,1-3H3/q+1/p+1. The van der Waals surface area contributed by atoms with E-state index in [1.807, 2.05) is 70.3 Å². The minimum atomic E-state index is -1.31. The van der Waals surface area contributed by atoms with Gasteiger partial charge in [0, 0.05) is 24.3 Å². The zero-order valence-corrected chi connectivity index (χ0v) is 34.4. The van der Waals surface area contributed by atoms with Crippen molar-refractivity contribution in [1.82, 2.24) is 5.32 Å². The Morgan fingerprint density at radius 1 is 0.491 bits per heavy atom. The molecular weight excluding hydrogens is 691 g/mol. The number of hydrogen-bond donors (Lipinski definition) is 1. The van der Waals surface area contributed by atoms with Crippen LogP contribution in [0.1, 0.15) is 149 Å². The first-order valence-corrected chi connectivity index (χ1v) is 21.6. The van der Waals surface area contributed by atoms with Gasteiger partial charge in [0.1, 0.15) is 5.92 Å². The van der Waals surface area contributed by atoms with Gasteiger partial charge in [-0.1, -0.05) is 142 Å². The molecule has 3 heterocycles. The number of ether oxygens (including phenoxy) is 3. The van der Waals surface area contributed by atoms with E-state index in [0.29, 0.717) is 11.4 Å². The molecule has 0 saturated carbocycles. The van der Waals surface area contributed by atoms with Gasteiger partial charge in [0.15, 0.2) is 37.9 Å². The van der Waals surface area contributed by atoms with Crippen LogP contribution in [0.3, 0.4) is 0 Å². The molecule has 1 aliphatic heterocycles. The van der Waals surface area contributed by atoms with Crippen LogP contribution >= 0.6 is 0 Å². The highest BCUT2D eigenvalue weighted by Crippen LogP contribution is 2.33. The number of nitrogens with zero attached hydrogens (tertiary/aromatic N) is 2. The van der Waals surface area contributed by atoms with E-state index >= 15 is 0 Å². The molecule has 9 heteroatoms. The number of carbonyl (C=O) groups excluding carboxylic acids is 3. The number of esters is 3. The Hall–Kier alpha value is -4.01. The zero-order valence-electron chi connectivity index (χ0n) is 34.4. The van der Waals surface area contributed by atoms with Gasteiger partial charge in [-0.25, -0.2) is 9.59 Å². The molecule has 2 aromatic heterocycles. The summed E-state index contributed by atoms with van der Waals surface area (Å²) in [6.45, 7) is 7.26. The lowest BCUT2D eigenvalue weighted by Crippen LogP contribution is -2.47. The van der Waals surface area contributed by atoms with Crippen LogP contribution in [0, 0.1) is 5.92 Å². The fraction of sp³-hybridized carbons (Fsp3) is 0.630. The van der Waals surface area contributed by atoms with E-state index in [-0.39, 0.29) is 44.1 Å². The third kappa shape index (κ3) is 17.6. The van der Waals surface area contributed by atoms with Gasteiger partial charge in [0.2, 0.25) is 0 Å². The second kappa shape index (κ2) is 28.4. The third-order valence-electron chi connectivity index (χ3n) is 10.2. The topological polar surface area (TPSA) is 98.7 Å². The largest absolute Gasteiger partial charge is 0.465 e. The molecule has 0 bridgehead atoms. The molecule has 0 fully saturated rings. The van der Waals surface area contributed by atoms with Crippen LogP contribution < -0.4 is 14.5 Å². The number of rotatable bonds is 30. The molecule has 304 valence electrons. The number of dihydropyridines is 1. The average Bonchev–Trinajstić information content (AvgIpc) is 3.19. The fourth-order valence-electron chi connectivity index (χ4n) is 7.11. The Balaban J connectivity index is 1.79. The molecule has 0 aliphatic carbocycles. The summed E-state index contributed by atoms with van der Waals surface area (Å²) < 4.78 is 21.2. The Morgan fingerprint density at radius 3 is 1.18 bits per heavy atom. The van der Waals surface area contributed by atoms with Crippen molar-refractivity contribution in [2.75, 3.05) is 19.8 Å². The number of hydrogen-bond acceptors (Lipinski definition) is 7. The Labute approximate surface area is 331 Å². The number of pyridine rings is 2. The summed E-state index contributed by atoms with van der Waals surface area (Å²) in [6.07, 6.45) is 30.9. The summed E-state index contributed by atoms with van der Waals surface area (Å²) in [4.78, 5) is 42.3. The second-order valence-corrected chi connectivity index (χ2v) is 14.8. The Bertz CT molecular complexity index is 1340. The van der Waals surface area contributed by atoms with Gasteiger partial charge in [-0.2, -0.15) is 9.13 Å². The van der Waals surface area contributed by atoms with E-state index in [9.17, 15) is 14.4 Å². The van der Waals surface area contributed by atoms with E-state index in [2.05, 4.69) is 19.2 Å². The van der Waals surface area contributed by atoms with Crippen molar-refractivity contribution in [3.05, 3.63) is 83.7 Å². The van der Waals surface area contributed by atoms with E-state index in [1.54, 1.807) is 6.92 Å². The Kier molecular flexibility index (Phi) is 23.4. The first-order valence-electron chi connectivity index (χ1n) is 21.6. The van der Waals surface area contributed by atoms with Gasteiger partial charge in [0.25, 0.3) is 0 Å². The predicted octanol–water partition coefficient (Wildman–Crippen LogP) is 9.18. The molecule has 3 rings (SSSR count). The monoisotopic (exact) mass is 762 g/mol. The van der Waals surface area contributed by atoms with Crippen LogP contribution in [0.15, 0.2) is 83.7 Å². The smallest absolute Gasteiger partial charge is 0.337 e. The molecule has 0 amide bonds. The molecular formula is C46H71N3O6+2. The van der Waals surface area contributed by atoms with Gasteiger partial charge in [-0.15, -0.1) is 0 Å². The van der Waals surface area contributed by atoms with Crippen LogP contribution in [0.25, 0.3) is 0 Å². The molecule has 0 unspecified atom stereocenters. The van der Waals surface area contributed by atoms with E-state index < -0.39 is 23.8 Å². The minimum absolute atomic E-state index is 0.0922. The molecule has 0 spiro atoms. The molecule has 0 atom stereocenters. The molecule has 0 saturated heterocycles. The molecule has 1 N–H and O–H groups in total. The van der Waals surface area contributed by atoms with Crippen LogP contribution in [-0.4, -0.2) is 37.7 Å². The van der Waals surface area contributed by atoms with Crippen LogP contribution in [0.4, 0.5) is 0 Å². The molecule has 55 heavy (non-hydrogen) atoms. The highest BCUT2D eigenvalue weighted by atomic mass is 16.5. The van der Waals surface area contributed by atoms with Crippen molar-refractivity contribution >= 4 is 17.9 Å². The van der Waals surface area contributed by atoms with E-state index in [4.69, 9.17) is 14.2 Å². The van der Waals surface area contributed by atoms with Crippen molar-refractivity contribution < 1.29 is 37.7 Å². The maximum Gasteiger partial charge on any atom is 0.337 e. The first-order chi connectivity index (χ1) is 27.0. The maximum absolute atomic E-state index is 14.2. The van der Waals surface area contributed by atoms with Gasteiger partial charge in [-0.3, -0.25) is 4.79 Å². The normalized spacial score (nSPS) is 13.1. The van der Waals surface area contributed by atoms with Gasteiger partial charge in [0.05, 0.1) is 42.4 Å². The number of nitrogens with one attached hydrogen (secondary N) is 1. The summed E-state index contributed by atoms with van der Waals surface area (Å²) in [5, 5.41) is 3.43. The quantitative estimate of drug-likeness (QED) is 0.0367. The molecule has 0 radical (unpaired) electrons. The summed E-state index contributed by atoms with van der Waals surface area (Å²) in [5.74, 6) is -3.23. The number of aromatic nitrogens is 2. The van der Waals surface area contributed by atoms with Crippen molar-refractivity contribution in [1.29, 1.82) is 0 Å². The van der Waals surface area contributed by atoms with E-state index in [0.717, 1.165) is 38.5 Å². The van der Waals surface area contributed by atoms with E-state index in [1.165, 1.54) is 89.9 Å². The summed E-state index contributed by atoms with van der Waals surface area (Å²) in [7, 11) is 0. The highest BCUT2D eigenvalue weighted by Gasteiger charge is 2.45. The van der Waals surface area contributed by atoms with Crippen molar-refractivity contribution in [3.63, 3.8) is 0 Å². The van der Waals surface area contributed by atoms with Gasteiger partial charge >= 0.3 is 17.9 Å². The van der Waals surface area contributed by atoms with Crippen molar-refractivity contribution in [3.8, 4) is 0 Å².